The van der Waals surface area contributed by atoms with E-state index in [1.54, 1.807) is 4.90 Å². The van der Waals surface area contributed by atoms with E-state index in [4.69, 9.17) is 9.84 Å². The number of fused-ring (bicyclic) bond motifs is 1. The highest BCUT2D eigenvalue weighted by Gasteiger charge is 2.29. The van der Waals surface area contributed by atoms with Crippen LogP contribution >= 0.6 is 0 Å². The highest BCUT2D eigenvalue weighted by molar-refractivity contribution is 5.95. The lowest BCUT2D eigenvalue weighted by molar-refractivity contribution is -0.154. The van der Waals surface area contributed by atoms with Crippen molar-refractivity contribution in [1.82, 2.24) is 4.90 Å². The van der Waals surface area contributed by atoms with Crippen LogP contribution in [0, 0.1) is 0 Å². The largest absolute Gasteiger partial charge is 0.479 e. The minimum Gasteiger partial charge on any atom is -0.479 e. The SMILES string of the molecule is O=C(O)C1CN(C(=O)c2ccc3c(c2)CCCC3)CCO1. The number of rotatable bonds is 2. The quantitative estimate of drug-likeness (QED) is 0.895. The Morgan fingerprint density at radius 3 is 2.71 bits per heavy atom. The van der Waals surface area contributed by atoms with Gasteiger partial charge in [-0.15, -0.1) is 0 Å². The summed E-state index contributed by atoms with van der Waals surface area (Å²) in [6.45, 7) is 0.832. The molecule has 1 N–H and O–H groups in total. The van der Waals surface area contributed by atoms with Crippen LogP contribution in [0.5, 0.6) is 0 Å². The third kappa shape index (κ3) is 2.93. The summed E-state index contributed by atoms with van der Waals surface area (Å²) in [5, 5.41) is 9.00. The Balaban J connectivity index is 1.77. The van der Waals surface area contributed by atoms with Gasteiger partial charge < -0.3 is 14.7 Å². The fourth-order valence-electron chi connectivity index (χ4n) is 3.03. The molecule has 1 unspecified atom stereocenters. The van der Waals surface area contributed by atoms with Crippen LogP contribution in [0.3, 0.4) is 0 Å². The van der Waals surface area contributed by atoms with E-state index in [-0.39, 0.29) is 19.1 Å². The summed E-state index contributed by atoms with van der Waals surface area (Å²) in [5.41, 5.74) is 3.25. The maximum absolute atomic E-state index is 12.5. The summed E-state index contributed by atoms with van der Waals surface area (Å²) in [4.78, 5) is 25.1. The molecule has 1 amide bonds. The number of ether oxygens (including phenoxy) is 1. The summed E-state index contributed by atoms with van der Waals surface area (Å²) in [7, 11) is 0. The maximum atomic E-state index is 12.5. The molecule has 1 aromatic rings. The predicted molar refractivity (Wildman–Crippen MR) is 76.4 cm³/mol. The summed E-state index contributed by atoms with van der Waals surface area (Å²) in [5.74, 6) is -1.11. The number of morpholine rings is 1. The van der Waals surface area contributed by atoms with Crippen molar-refractivity contribution in [3.05, 3.63) is 34.9 Å². The van der Waals surface area contributed by atoms with E-state index in [0.717, 1.165) is 12.8 Å². The number of hydrogen-bond acceptors (Lipinski definition) is 3. The van der Waals surface area contributed by atoms with Crippen molar-refractivity contribution in [2.75, 3.05) is 19.7 Å². The third-order valence-electron chi connectivity index (χ3n) is 4.22. The maximum Gasteiger partial charge on any atom is 0.334 e. The number of benzene rings is 1. The highest BCUT2D eigenvalue weighted by atomic mass is 16.5. The van der Waals surface area contributed by atoms with E-state index in [9.17, 15) is 9.59 Å². The zero-order chi connectivity index (χ0) is 14.8. The molecule has 112 valence electrons. The van der Waals surface area contributed by atoms with Gasteiger partial charge in [-0.3, -0.25) is 4.79 Å². The molecule has 0 saturated carbocycles. The summed E-state index contributed by atoms with van der Waals surface area (Å²) in [6, 6.07) is 5.87. The molecule has 5 nitrogen and oxygen atoms in total. The number of nitrogens with zero attached hydrogens (tertiary/aromatic N) is 1. The van der Waals surface area contributed by atoms with Crippen molar-refractivity contribution in [2.24, 2.45) is 0 Å². The van der Waals surface area contributed by atoms with Gasteiger partial charge in [-0.05, 0) is 48.9 Å². The predicted octanol–water partition coefficient (Wildman–Crippen LogP) is 1.49. The molecule has 1 aliphatic carbocycles. The normalized spacial score (nSPS) is 21.7. The number of carbonyl (C=O) groups is 2. The molecule has 1 aliphatic heterocycles. The lowest BCUT2D eigenvalue weighted by Gasteiger charge is -2.31. The molecule has 0 spiro atoms. The van der Waals surface area contributed by atoms with Gasteiger partial charge >= 0.3 is 5.97 Å². The molecule has 0 aromatic heterocycles. The number of carboxylic acids is 1. The van der Waals surface area contributed by atoms with Gasteiger partial charge in [0.15, 0.2) is 6.10 Å². The summed E-state index contributed by atoms with van der Waals surface area (Å²) in [6.07, 6.45) is 3.58. The Kier molecular flexibility index (Phi) is 3.92. The number of carboxylic acid groups (broad SMARTS) is 1. The average molecular weight is 289 g/mol. The van der Waals surface area contributed by atoms with Gasteiger partial charge in [0.1, 0.15) is 0 Å². The number of amides is 1. The number of carbonyl (C=O) groups excluding carboxylic acids is 1. The first-order valence-electron chi connectivity index (χ1n) is 7.40. The van der Waals surface area contributed by atoms with Crippen molar-refractivity contribution >= 4 is 11.9 Å². The Hall–Kier alpha value is -1.88. The average Bonchev–Trinajstić information content (AvgIpc) is 2.53. The van der Waals surface area contributed by atoms with E-state index in [1.165, 1.54) is 24.0 Å². The number of aryl methyl sites for hydroxylation is 2. The second-order valence-corrected chi connectivity index (χ2v) is 5.64. The van der Waals surface area contributed by atoms with Crippen molar-refractivity contribution in [2.45, 2.75) is 31.8 Å². The van der Waals surface area contributed by atoms with E-state index < -0.39 is 12.1 Å². The minimum atomic E-state index is -1.02. The lowest BCUT2D eigenvalue weighted by atomic mass is 9.90. The molecule has 3 rings (SSSR count). The molecule has 1 aromatic carbocycles. The fourth-order valence-corrected chi connectivity index (χ4v) is 3.03. The van der Waals surface area contributed by atoms with Crippen LogP contribution in [0.15, 0.2) is 18.2 Å². The van der Waals surface area contributed by atoms with E-state index in [2.05, 4.69) is 0 Å². The van der Waals surface area contributed by atoms with E-state index >= 15 is 0 Å². The van der Waals surface area contributed by atoms with Crippen LogP contribution in [0.4, 0.5) is 0 Å². The topological polar surface area (TPSA) is 66.8 Å². The Bertz CT molecular complexity index is 569. The Morgan fingerprint density at radius 2 is 1.95 bits per heavy atom. The highest BCUT2D eigenvalue weighted by Crippen LogP contribution is 2.23. The summed E-state index contributed by atoms with van der Waals surface area (Å²) >= 11 is 0. The van der Waals surface area contributed by atoms with Gasteiger partial charge in [0.25, 0.3) is 5.91 Å². The van der Waals surface area contributed by atoms with Crippen LogP contribution in [0.1, 0.15) is 34.3 Å². The third-order valence-corrected chi connectivity index (χ3v) is 4.22. The zero-order valence-electron chi connectivity index (χ0n) is 11.9. The minimum absolute atomic E-state index is 0.0991. The molecule has 1 atom stereocenters. The standard InChI is InChI=1S/C16H19NO4/c18-15(17-7-8-21-14(10-17)16(19)20)13-6-5-11-3-1-2-4-12(11)9-13/h5-6,9,14H,1-4,7-8,10H2,(H,19,20). The van der Waals surface area contributed by atoms with E-state index in [1.807, 2.05) is 18.2 Å². The van der Waals surface area contributed by atoms with Crippen molar-refractivity contribution in [3.63, 3.8) is 0 Å². The lowest BCUT2D eigenvalue weighted by Crippen LogP contribution is -2.48. The van der Waals surface area contributed by atoms with Crippen LogP contribution in [-0.4, -0.2) is 47.7 Å². The molecule has 0 radical (unpaired) electrons. The molecule has 21 heavy (non-hydrogen) atoms. The Labute approximate surface area is 123 Å². The Morgan fingerprint density at radius 1 is 1.19 bits per heavy atom. The molecule has 1 fully saturated rings. The zero-order valence-corrected chi connectivity index (χ0v) is 11.9. The van der Waals surface area contributed by atoms with Gasteiger partial charge in [0, 0.05) is 12.1 Å². The first kappa shape index (κ1) is 14.1. The van der Waals surface area contributed by atoms with Gasteiger partial charge in [0.2, 0.25) is 0 Å². The van der Waals surface area contributed by atoms with Crippen LogP contribution < -0.4 is 0 Å². The molecule has 0 bridgehead atoms. The summed E-state index contributed by atoms with van der Waals surface area (Å²) < 4.78 is 5.15. The van der Waals surface area contributed by atoms with Gasteiger partial charge in [0.05, 0.1) is 13.2 Å². The molecule has 1 saturated heterocycles. The van der Waals surface area contributed by atoms with Gasteiger partial charge in [-0.25, -0.2) is 4.79 Å². The molecular formula is C16H19NO4. The van der Waals surface area contributed by atoms with Crippen molar-refractivity contribution < 1.29 is 19.4 Å². The monoisotopic (exact) mass is 289 g/mol. The molecular weight excluding hydrogens is 270 g/mol. The molecule has 1 heterocycles. The van der Waals surface area contributed by atoms with Crippen LogP contribution in [-0.2, 0) is 22.4 Å². The van der Waals surface area contributed by atoms with Crippen LogP contribution in [0.2, 0.25) is 0 Å². The second kappa shape index (κ2) is 5.85. The molecule has 5 heteroatoms. The number of aliphatic carboxylic acids is 1. The van der Waals surface area contributed by atoms with Gasteiger partial charge in [-0.1, -0.05) is 6.07 Å². The van der Waals surface area contributed by atoms with Crippen molar-refractivity contribution in [3.8, 4) is 0 Å². The number of hydrogen-bond donors (Lipinski definition) is 1. The smallest absolute Gasteiger partial charge is 0.334 e. The first-order valence-corrected chi connectivity index (χ1v) is 7.40. The van der Waals surface area contributed by atoms with Crippen LogP contribution in [0.25, 0.3) is 0 Å². The first-order chi connectivity index (χ1) is 10.1. The van der Waals surface area contributed by atoms with Gasteiger partial charge in [-0.2, -0.15) is 0 Å². The molecule has 2 aliphatic rings. The fraction of sp³-hybridized carbons (Fsp3) is 0.500. The van der Waals surface area contributed by atoms with Crippen molar-refractivity contribution in [1.29, 1.82) is 0 Å². The second-order valence-electron chi connectivity index (χ2n) is 5.64. The van der Waals surface area contributed by atoms with E-state index in [0.29, 0.717) is 12.1 Å².